The summed E-state index contributed by atoms with van der Waals surface area (Å²) in [7, 11) is 0. The minimum absolute atomic E-state index is 0.181. The fourth-order valence-electron chi connectivity index (χ4n) is 2.92. The molecule has 2 heterocycles. The third-order valence-electron chi connectivity index (χ3n) is 4.17. The summed E-state index contributed by atoms with van der Waals surface area (Å²) >= 11 is 1.63. The Bertz CT molecular complexity index is 1010. The molecule has 25 heavy (non-hydrogen) atoms. The average molecular weight is 347 g/mol. The van der Waals surface area contributed by atoms with Gasteiger partial charge < -0.3 is 5.32 Å². The number of carbonyl (C=O) groups excluding carboxylic acids is 1. The van der Waals surface area contributed by atoms with E-state index in [4.69, 9.17) is 0 Å². The van der Waals surface area contributed by atoms with Crippen LogP contribution in [0.1, 0.15) is 32.5 Å². The summed E-state index contributed by atoms with van der Waals surface area (Å²) in [5, 5.41) is 13.2. The molecule has 2 N–H and O–H groups in total. The summed E-state index contributed by atoms with van der Waals surface area (Å²) in [6.45, 7) is 2.01. The maximum atomic E-state index is 12.9. The topological polar surface area (TPSA) is 57.8 Å². The number of fused-ring (bicyclic) bond motifs is 1. The molecule has 5 heteroatoms. The lowest BCUT2D eigenvalue weighted by atomic mass is 10.0. The van der Waals surface area contributed by atoms with Crippen LogP contribution in [0.3, 0.4) is 0 Å². The van der Waals surface area contributed by atoms with Gasteiger partial charge in [-0.25, -0.2) is 0 Å². The number of aromatic amines is 1. The lowest BCUT2D eigenvalue weighted by Gasteiger charge is -2.17. The Hall–Kier alpha value is -2.92. The molecule has 4 aromatic rings. The minimum atomic E-state index is -0.190. The van der Waals surface area contributed by atoms with Gasteiger partial charge >= 0.3 is 0 Å². The van der Waals surface area contributed by atoms with Crippen LogP contribution in [0.25, 0.3) is 10.9 Å². The molecule has 2 aromatic carbocycles. The first-order chi connectivity index (χ1) is 12.2. The summed E-state index contributed by atoms with van der Waals surface area (Å²) < 4.78 is 0. The molecule has 0 unspecified atom stereocenters. The van der Waals surface area contributed by atoms with Crippen molar-refractivity contribution in [2.75, 3.05) is 0 Å². The second-order valence-corrected chi connectivity index (χ2v) is 6.93. The molecule has 1 amide bonds. The summed E-state index contributed by atoms with van der Waals surface area (Å²) in [5.41, 5.74) is 3.44. The van der Waals surface area contributed by atoms with E-state index >= 15 is 0 Å². The van der Waals surface area contributed by atoms with Crippen LogP contribution >= 0.6 is 11.3 Å². The number of H-pyrrole nitrogens is 1. The zero-order valence-electron chi connectivity index (χ0n) is 13.7. The zero-order valence-corrected chi connectivity index (χ0v) is 14.5. The number of hydrogen-bond donors (Lipinski definition) is 2. The van der Waals surface area contributed by atoms with Crippen LogP contribution in [0.4, 0.5) is 0 Å². The predicted molar refractivity (Wildman–Crippen MR) is 101 cm³/mol. The van der Waals surface area contributed by atoms with Crippen molar-refractivity contribution in [2.24, 2.45) is 0 Å². The first kappa shape index (κ1) is 15.6. The second kappa shape index (κ2) is 6.53. The Labute approximate surface area is 149 Å². The second-order valence-electron chi connectivity index (χ2n) is 5.95. The Morgan fingerprint density at radius 2 is 1.96 bits per heavy atom. The maximum absolute atomic E-state index is 12.9. The average Bonchev–Trinajstić information content (AvgIpc) is 3.29. The van der Waals surface area contributed by atoms with Gasteiger partial charge in [-0.3, -0.25) is 9.89 Å². The van der Waals surface area contributed by atoms with Gasteiger partial charge in [0.1, 0.15) is 0 Å². The molecule has 4 nitrogen and oxygen atoms in total. The smallest absolute Gasteiger partial charge is 0.273 e. The van der Waals surface area contributed by atoms with Crippen LogP contribution in [0.5, 0.6) is 0 Å². The largest absolute Gasteiger partial charge is 0.339 e. The van der Waals surface area contributed by atoms with Crippen molar-refractivity contribution < 1.29 is 4.79 Å². The molecule has 1 atom stereocenters. The minimum Gasteiger partial charge on any atom is -0.339 e. The van der Waals surface area contributed by atoms with Crippen molar-refractivity contribution in [3.05, 3.63) is 87.7 Å². The zero-order chi connectivity index (χ0) is 17.2. The standard InChI is InChI=1S/C20H17N3OS/c1-13-9-10-16-15(12-13)19(23-22-16)20(24)21-18(17-8-5-11-25-17)14-6-3-2-4-7-14/h2-12,18H,1H3,(H,21,24)(H,22,23)/t18-/m0/s1. The van der Waals surface area contributed by atoms with Gasteiger partial charge in [-0.2, -0.15) is 5.10 Å². The van der Waals surface area contributed by atoms with Crippen molar-refractivity contribution >= 4 is 28.1 Å². The molecule has 0 saturated carbocycles. The number of nitrogens with one attached hydrogen (secondary N) is 2. The highest BCUT2D eigenvalue weighted by Gasteiger charge is 2.21. The third kappa shape index (κ3) is 3.06. The van der Waals surface area contributed by atoms with E-state index in [0.717, 1.165) is 26.9 Å². The molecule has 0 saturated heterocycles. The van der Waals surface area contributed by atoms with Gasteiger partial charge in [0, 0.05) is 10.3 Å². The van der Waals surface area contributed by atoms with Crippen molar-refractivity contribution in [3.63, 3.8) is 0 Å². The number of hydrogen-bond acceptors (Lipinski definition) is 3. The van der Waals surface area contributed by atoms with E-state index in [2.05, 4.69) is 15.5 Å². The first-order valence-electron chi connectivity index (χ1n) is 8.06. The number of aryl methyl sites for hydroxylation is 1. The van der Waals surface area contributed by atoms with Crippen molar-refractivity contribution in [1.82, 2.24) is 15.5 Å². The van der Waals surface area contributed by atoms with E-state index < -0.39 is 0 Å². The van der Waals surface area contributed by atoms with Gasteiger partial charge in [0.2, 0.25) is 0 Å². The van der Waals surface area contributed by atoms with Crippen LogP contribution in [0, 0.1) is 6.92 Å². The number of thiophene rings is 1. The molecule has 0 aliphatic heterocycles. The van der Waals surface area contributed by atoms with E-state index in [0.29, 0.717) is 5.69 Å². The molecule has 124 valence electrons. The highest BCUT2D eigenvalue weighted by Crippen LogP contribution is 2.27. The predicted octanol–water partition coefficient (Wildman–Crippen LogP) is 4.45. The molecule has 0 aliphatic carbocycles. The Morgan fingerprint density at radius 1 is 1.12 bits per heavy atom. The van der Waals surface area contributed by atoms with E-state index in [1.165, 1.54) is 0 Å². The molecule has 0 bridgehead atoms. The molecule has 4 rings (SSSR count). The molecule has 0 spiro atoms. The number of nitrogens with zero attached hydrogens (tertiary/aromatic N) is 1. The lowest BCUT2D eigenvalue weighted by Crippen LogP contribution is -2.29. The number of amides is 1. The van der Waals surface area contributed by atoms with Crippen molar-refractivity contribution in [1.29, 1.82) is 0 Å². The highest BCUT2D eigenvalue weighted by atomic mass is 32.1. The fourth-order valence-corrected chi connectivity index (χ4v) is 3.72. The van der Waals surface area contributed by atoms with Crippen LogP contribution in [0.15, 0.2) is 66.0 Å². The van der Waals surface area contributed by atoms with Gasteiger partial charge in [0.05, 0.1) is 11.6 Å². The van der Waals surface area contributed by atoms with Crippen LogP contribution in [0.2, 0.25) is 0 Å². The van der Waals surface area contributed by atoms with Crippen LogP contribution in [-0.4, -0.2) is 16.1 Å². The van der Waals surface area contributed by atoms with E-state index in [1.54, 1.807) is 11.3 Å². The van der Waals surface area contributed by atoms with Gasteiger partial charge in [0.25, 0.3) is 5.91 Å². The third-order valence-corrected chi connectivity index (χ3v) is 5.11. The molecule has 0 radical (unpaired) electrons. The highest BCUT2D eigenvalue weighted by molar-refractivity contribution is 7.10. The van der Waals surface area contributed by atoms with E-state index in [1.807, 2.05) is 73.0 Å². The molecular formula is C20H17N3OS. The van der Waals surface area contributed by atoms with Gasteiger partial charge in [-0.15, -0.1) is 11.3 Å². The van der Waals surface area contributed by atoms with E-state index in [-0.39, 0.29) is 11.9 Å². The molecular weight excluding hydrogens is 330 g/mol. The first-order valence-corrected chi connectivity index (χ1v) is 8.94. The Balaban J connectivity index is 1.70. The van der Waals surface area contributed by atoms with Gasteiger partial charge in [-0.1, -0.05) is 48.0 Å². The lowest BCUT2D eigenvalue weighted by molar-refractivity contribution is 0.0940. The normalized spacial score (nSPS) is 12.2. The summed E-state index contributed by atoms with van der Waals surface area (Å²) in [6, 6.07) is 19.8. The van der Waals surface area contributed by atoms with Crippen molar-refractivity contribution in [2.45, 2.75) is 13.0 Å². The van der Waals surface area contributed by atoms with E-state index in [9.17, 15) is 4.79 Å². The monoisotopic (exact) mass is 347 g/mol. The van der Waals surface area contributed by atoms with Crippen LogP contribution in [-0.2, 0) is 0 Å². The molecule has 0 fully saturated rings. The number of carbonyl (C=O) groups is 1. The number of benzene rings is 2. The Morgan fingerprint density at radius 3 is 2.72 bits per heavy atom. The maximum Gasteiger partial charge on any atom is 0.273 e. The fraction of sp³-hybridized carbons (Fsp3) is 0.100. The van der Waals surface area contributed by atoms with Gasteiger partial charge in [-0.05, 0) is 36.1 Å². The molecule has 2 aromatic heterocycles. The van der Waals surface area contributed by atoms with Crippen molar-refractivity contribution in [3.8, 4) is 0 Å². The van der Waals surface area contributed by atoms with Gasteiger partial charge in [0.15, 0.2) is 5.69 Å². The SMILES string of the molecule is Cc1ccc2[nH]nc(C(=O)N[C@@H](c3ccccc3)c3cccs3)c2c1. The summed E-state index contributed by atoms with van der Waals surface area (Å²) in [4.78, 5) is 14.0. The summed E-state index contributed by atoms with van der Waals surface area (Å²) in [5.74, 6) is -0.181. The summed E-state index contributed by atoms with van der Waals surface area (Å²) in [6.07, 6.45) is 0. The number of rotatable bonds is 4. The molecule has 0 aliphatic rings. The number of aromatic nitrogens is 2. The Kier molecular flexibility index (Phi) is 4.07. The van der Waals surface area contributed by atoms with Crippen LogP contribution < -0.4 is 5.32 Å². The quantitative estimate of drug-likeness (QED) is 0.573.